The van der Waals surface area contributed by atoms with Crippen molar-refractivity contribution in [2.45, 2.75) is 79.2 Å². The van der Waals surface area contributed by atoms with E-state index in [0.29, 0.717) is 6.04 Å². The molecule has 0 aromatic heterocycles. The van der Waals surface area contributed by atoms with Crippen LogP contribution in [0.5, 0.6) is 0 Å². The van der Waals surface area contributed by atoms with Crippen LogP contribution >= 0.6 is 0 Å². The van der Waals surface area contributed by atoms with E-state index >= 15 is 0 Å². The molecule has 0 rings (SSSR count). The molecule has 0 radical (unpaired) electrons. The van der Waals surface area contributed by atoms with Gasteiger partial charge < -0.3 is 0 Å². The minimum atomic E-state index is 0.500. The molecule has 0 aliphatic carbocycles. The smallest absolute Gasteiger partial charge is 0.0470 e. The van der Waals surface area contributed by atoms with Crippen LogP contribution in [0.25, 0.3) is 0 Å². The normalized spacial score (nSPS) is 17.6. The predicted molar refractivity (Wildman–Crippen MR) is 75.3 cm³/mol. The van der Waals surface area contributed by atoms with Gasteiger partial charge in [-0.3, -0.25) is 4.99 Å². The highest BCUT2D eigenvalue weighted by atomic mass is 14.7. The molecule has 0 aromatic rings. The Morgan fingerprint density at radius 2 is 1.81 bits per heavy atom. The van der Waals surface area contributed by atoms with E-state index in [1.165, 1.54) is 38.5 Å². The molecule has 1 nitrogen and oxygen atoms in total. The Morgan fingerprint density at radius 3 is 2.31 bits per heavy atom. The summed E-state index contributed by atoms with van der Waals surface area (Å²) >= 11 is 0. The summed E-state index contributed by atoms with van der Waals surface area (Å²) in [7, 11) is 0. The van der Waals surface area contributed by atoms with E-state index < -0.39 is 0 Å². The zero-order chi connectivity index (χ0) is 12.4. The van der Waals surface area contributed by atoms with Crippen molar-refractivity contribution in [3.05, 3.63) is 0 Å². The highest BCUT2D eigenvalue weighted by Gasteiger charge is 2.16. The minimum Gasteiger partial charge on any atom is -0.295 e. The van der Waals surface area contributed by atoms with Crippen LogP contribution in [0.2, 0.25) is 0 Å². The third kappa shape index (κ3) is 7.03. The molecule has 0 heterocycles. The summed E-state index contributed by atoms with van der Waals surface area (Å²) in [5.41, 5.74) is 0. The summed E-state index contributed by atoms with van der Waals surface area (Å²) in [6.07, 6.45) is 10.1. The molecular formula is C15H31N. The van der Waals surface area contributed by atoms with Crippen LogP contribution in [0, 0.1) is 11.8 Å². The standard InChI is InChI=1S/C15H31N/c1-6-9-10-11-15(7-2)13(4)12-14(5)16-8-3/h8,13-15H,6-7,9-12H2,1-5H3. The van der Waals surface area contributed by atoms with Gasteiger partial charge in [-0.15, -0.1) is 0 Å². The second-order valence-electron chi connectivity index (χ2n) is 5.13. The molecule has 96 valence electrons. The third-order valence-electron chi connectivity index (χ3n) is 3.62. The zero-order valence-corrected chi connectivity index (χ0v) is 12.0. The quantitative estimate of drug-likeness (QED) is 0.382. The van der Waals surface area contributed by atoms with Crippen molar-refractivity contribution in [1.29, 1.82) is 0 Å². The summed E-state index contributed by atoms with van der Waals surface area (Å²) in [6.45, 7) is 11.3. The molecule has 0 aliphatic heterocycles. The van der Waals surface area contributed by atoms with Crippen molar-refractivity contribution >= 4 is 6.21 Å². The van der Waals surface area contributed by atoms with Crippen molar-refractivity contribution < 1.29 is 0 Å². The highest BCUT2D eigenvalue weighted by molar-refractivity contribution is 5.53. The number of aliphatic imine (C=N–C) groups is 1. The Hall–Kier alpha value is -0.330. The molecule has 0 saturated heterocycles. The van der Waals surface area contributed by atoms with Gasteiger partial charge in [-0.05, 0) is 38.3 Å². The highest BCUT2D eigenvalue weighted by Crippen LogP contribution is 2.26. The van der Waals surface area contributed by atoms with Gasteiger partial charge >= 0.3 is 0 Å². The van der Waals surface area contributed by atoms with E-state index in [4.69, 9.17) is 0 Å². The maximum absolute atomic E-state index is 4.45. The van der Waals surface area contributed by atoms with Gasteiger partial charge in [0.25, 0.3) is 0 Å². The molecule has 3 atom stereocenters. The zero-order valence-electron chi connectivity index (χ0n) is 12.0. The Labute approximate surface area is 103 Å². The van der Waals surface area contributed by atoms with Crippen LogP contribution in [0.4, 0.5) is 0 Å². The second kappa shape index (κ2) is 9.86. The molecular weight excluding hydrogens is 194 g/mol. The largest absolute Gasteiger partial charge is 0.295 e. The Balaban J connectivity index is 3.94. The first-order valence-corrected chi connectivity index (χ1v) is 7.13. The molecule has 0 bridgehead atoms. The van der Waals surface area contributed by atoms with E-state index in [0.717, 1.165) is 11.8 Å². The fourth-order valence-electron chi connectivity index (χ4n) is 2.59. The van der Waals surface area contributed by atoms with Crippen molar-refractivity contribution in [3.8, 4) is 0 Å². The summed E-state index contributed by atoms with van der Waals surface area (Å²) in [6, 6.07) is 0.500. The fraction of sp³-hybridized carbons (Fsp3) is 0.933. The Bertz CT molecular complexity index is 174. The molecule has 0 spiro atoms. The lowest BCUT2D eigenvalue weighted by atomic mass is 9.83. The van der Waals surface area contributed by atoms with Crippen LogP contribution in [0.15, 0.2) is 4.99 Å². The van der Waals surface area contributed by atoms with Crippen molar-refractivity contribution in [1.82, 2.24) is 0 Å². The molecule has 1 heteroatoms. The molecule has 0 aromatic carbocycles. The van der Waals surface area contributed by atoms with Crippen molar-refractivity contribution in [2.75, 3.05) is 0 Å². The van der Waals surface area contributed by atoms with E-state index in [9.17, 15) is 0 Å². The summed E-state index contributed by atoms with van der Waals surface area (Å²) in [4.78, 5) is 4.45. The molecule has 16 heavy (non-hydrogen) atoms. The molecule has 0 fully saturated rings. The summed E-state index contributed by atoms with van der Waals surface area (Å²) in [5, 5.41) is 0. The van der Waals surface area contributed by atoms with E-state index in [1.54, 1.807) is 0 Å². The van der Waals surface area contributed by atoms with Crippen LogP contribution in [0.3, 0.4) is 0 Å². The first kappa shape index (κ1) is 15.7. The van der Waals surface area contributed by atoms with Gasteiger partial charge in [-0.2, -0.15) is 0 Å². The number of rotatable bonds is 9. The van der Waals surface area contributed by atoms with Crippen LogP contribution < -0.4 is 0 Å². The van der Waals surface area contributed by atoms with Gasteiger partial charge in [0, 0.05) is 6.04 Å². The molecule has 0 saturated carbocycles. The summed E-state index contributed by atoms with van der Waals surface area (Å²) < 4.78 is 0. The van der Waals surface area contributed by atoms with Gasteiger partial charge in [0.1, 0.15) is 0 Å². The molecule has 3 unspecified atom stereocenters. The fourth-order valence-corrected chi connectivity index (χ4v) is 2.59. The second-order valence-corrected chi connectivity index (χ2v) is 5.13. The molecule has 0 N–H and O–H groups in total. The van der Waals surface area contributed by atoms with Crippen molar-refractivity contribution in [3.63, 3.8) is 0 Å². The first-order valence-electron chi connectivity index (χ1n) is 7.13. The number of nitrogens with zero attached hydrogens (tertiary/aromatic N) is 1. The van der Waals surface area contributed by atoms with Gasteiger partial charge in [-0.1, -0.05) is 52.9 Å². The summed E-state index contributed by atoms with van der Waals surface area (Å²) in [5.74, 6) is 1.72. The van der Waals surface area contributed by atoms with Gasteiger partial charge in [0.05, 0.1) is 0 Å². The first-order chi connectivity index (χ1) is 7.65. The maximum Gasteiger partial charge on any atom is 0.0470 e. The van der Waals surface area contributed by atoms with E-state index in [1.807, 2.05) is 13.1 Å². The van der Waals surface area contributed by atoms with Crippen LogP contribution in [-0.4, -0.2) is 12.3 Å². The van der Waals surface area contributed by atoms with Gasteiger partial charge in [0.15, 0.2) is 0 Å². The average molecular weight is 225 g/mol. The number of hydrogen-bond donors (Lipinski definition) is 0. The lowest BCUT2D eigenvalue weighted by molar-refractivity contribution is 0.288. The van der Waals surface area contributed by atoms with E-state index in [-0.39, 0.29) is 0 Å². The number of hydrogen-bond acceptors (Lipinski definition) is 1. The third-order valence-corrected chi connectivity index (χ3v) is 3.62. The topological polar surface area (TPSA) is 12.4 Å². The van der Waals surface area contributed by atoms with Crippen LogP contribution in [-0.2, 0) is 0 Å². The van der Waals surface area contributed by atoms with Gasteiger partial charge in [0.2, 0.25) is 0 Å². The SMILES string of the molecule is CC=NC(C)CC(C)C(CC)CCCCC. The lowest BCUT2D eigenvalue weighted by Crippen LogP contribution is -2.16. The van der Waals surface area contributed by atoms with Crippen molar-refractivity contribution in [2.24, 2.45) is 16.8 Å². The maximum atomic E-state index is 4.45. The van der Waals surface area contributed by atoms with Gasteiger partial charge in [-0.25, -0.2) is 0 Å². The molecule has 0 amide bonds. The monoisotopic (exact) mass is 225 g/mol. The Kier molecular flexibility index (Phi) is 9.66. The molecule has 0 aliphatic rings. The Morgan fingerprint density at radius 1 is 1.12 bits per heavy atom. The van der Waals surface area contributed by atoms with Crippen LogP contribution in [0.1, 0.15) is 73.1 Å². The minimum absolute atomic E-state index is 0.500. The lowest BCUT2D eigenvalue weighted by Gasteiger charge is -2.24. The van der Waals surface area contributed by atoms with E-state index in [2.05, 4.69) is 32.7 Å². The average Bonchev–Trinajstić information content (AvgIpc) is 2.24. The predicted octanol–water partition coefficient (Wildman–Crippen LogP) is 5.10. The number of unbranched alkanes of at least 4 members (excludes halogenated alkanes) is 2.